The minimum absolute atomic E-state index is 0.312. The van der Waals surface area contributed by atoms with Gasteiger partial charge in [-0.2, -0.15) is 0 Å². The maximum absolute atomic E-state index is 9.87. The first-order chi connectivity index (χ1) is 10.0. The van der Waals surface area contributed by atoms with Crippen LogP contribution in [0.3, 0.4) is 0 Å². The molecule has 4 nitrogen and oxygen atoms in total. The van der Waals surface area contributed by atoms with Gasteiger partial charge in [0.2, 0.25) is 0 Å². The molecule has 0 heterocycles. The molecule has 4 heteroatoms. The van der Waals surface area contributed by atoms with Crippen LogP contribution in [0.1, 0.15) is 90.9 Å². The van der Waals surface area contributed by atoms with Crippen molar-refractivity contribution in [2.24, 2.45) is 5.73 Å². The van der Waals surface area contributed by atoms with Crippen LogP contribution in [0, 0.1) is 0 Å². The second kappa shape index (κ2) is 19.1. The molecule has 0 saturated carbocycles. The van der Waals surface area contributed by atoms with E-state index in [4.69, 9.17) is 10.8 Å². The average molecular weight is 301 g/mol. The van der Waals surface area contributed by atoms with Crippen LogP contribution in [-0.2, 0) is 9.59 Å². The summed E-state index contributed by atoms with van der Waals surface area (Å²) in [6, 6.07) is 0. The summed E-state index contributed by atoms with van der Waals surface area (Å²) in [5, 5.41) is 7.86. The number of Topliss-reactive ketones (excluding diaryl/α,β-unsaturated/α-hetero) is 1. The zero-order valence-corrected chi connectivity index (χ0v) is 14.0. The molecule has 0 unspecified atom stereocenters. The lowest BCUT2D eigenvalue weighted by Gasteiger charge is -2.01. The fourth-order valence-corrected chi connectivity index (χ4v) is 2.02. The lowest BCUT2D eigenvalue weighted by atomic mass is 10.1. The van der Waals surface area contributed by atoms with Gasteiger partial charge in [-0.3, -0.25) is 9.59 Å². The van der Waals surface area contributed by atoms with Gasteiger partial charge in [-0.1, -0.05) is 71.1 Å². The van der Waals surface area contributed by atoms with E-state index in [1.165, 1.54) is 77.6 Å². The van der Waals surface area contributed by atoms with Gasteiger partial charge in [0.1, 0.15) is 12.2 Å². The van der Waals surface area contributed by atoms with Gasteiger partial charge < -0.3 is 10.8 Å². The van der Waals surface area contributed by atoms with Gasteiger partial charge in [0.05, 0.1) is 0 Å². The Morgan fingerprint density at radius 2 is 1.19 bits per heavy atom. The number of carboxylic acids is 1. The van der Waals surface area contributed by atoms with E-state index in [9.17, 15) is 9.59 Å². The Labute approximate surface area is 130 Å². The van der Waals surface area contributed by atoms with E-state index in [0.717, 1.165) is 6.54 Å². The van der Waals surface area contributed by atoms with Gasteiger partial charge in [-0.05, 0) is 19.9 Å². The van der Waals surface area contributed by atoms with Crippen molar-refractivity contribution >= 4 is 11.8 Å². The predicted molar refractivity (Wildman–Crippen MR) is 88.4 cm³/mol. The molecule has 0 bridgehead atoms. The summed E-state index contributed by atoms with van der Waals surface area (Å²) in [5.41, 5.74) is 5.44. The maximum Gasteiger partial charge on any atom is 0.310 e. The third-order valence-electron chi connectivity index (χ3n) is 3.21. The van der Waals surface area contributed by atoms with E-state index in [0.29, 0.717) is 0 Å². The Balaban J connectivity index is 0. The largest absolute Gasteiger partial charge is 0.481 e. The SMILES string of the molecule is CC(=O)CC(=O)O.CCCCCCCCCCCCCN. The molecule has 0 aliphatic heterocycles. The molecule has 3 N–H and O–H groups in total. The number of carbonyl (C=O) groups is 2. The molecule has 0 aromatic carbocycles. The van der Waals surface area contributed by atoms with E-state index in [1.54, 1.807) is 0 Å². The van der Waals surface area contributed by atoms with E-state index >= 15 is 0 Å². The molecule has 0 aromatic rings. The number of carbonyl (C=O) groups excluding carboxylic acids is 1. The molecular weight excluding hydrogens is 266 g/mol. The van der Waals surface area contributed by atoms with Gasteiger partial charge in [-0.25, -0.2) is 0 Å². The normalized spacial score (nSPS) is 9.86. The highest BCUT2D eigenvalue weighted by Gasteiger charge is 1.98. The van der Waals surface area contributed by atoms with Crippen LogP contribution in [0.4, 0.5) is 0 Å². The number of nitrogens with two attached hydrogens (primary N) is 1. The summed E-state index contributed by atoms with van der Waals surface area (Å²) in [4.78, 5) is 19.5. The third kappa shape index (κ3) is 28.1. The number of hydrogen-bond acceptors (Lipinski definition) is 3. The molecule has 0 fully saturated rings. The molecule has 0 aromatic heterocycles. The summed E-state index contributed by atoms with van der Waals surface area (Å²) in [6.45, 7) is 4.39. The fraction of sp³-hybridized carbons (Fsp3) is 0.882. The highest BCUT2D eigenvalue weighted by Crippen LogP contribution is 2.10. The molecule has 0 aliphatic carbocycles. The molecule has 0 rings (SSSR count). The monoisotopic (exact) mass is 301 g/mol. The highest BCUT2D eigenvalue weighted by atomic mass is 16.4. The first-order valence-electron chi connectivity index (χ1n) is 8.45. The predicted octanol–water partition coefficient (Wildman–Crippen LogP) is 4.31. The smallest absolute Gasteiger partial charge is 0.310 e. The number of carboxylic acid groups (broad SMARTS) is 1. The fourth-order valence-electron chi connectivity index (χ4n) is 2.02. The second-order valence-electron chi connectivity index (χ2n) is 5.60. The second-order valence-corrected chi connectivity index (χ2v) is 5.60. The van der Waals surface area contributed by atoms with Crippen LogP contribution in [0.15, 0.2) is 0 Å². The summed E-state index contributed by atoms with van der Waals surface area (Å²) < 4.78 is 0. The van der Waals surface area contributed by atoms with Gasteiger partial charge in [0.25, 0.3) is 0 Å². The quantitative estimate of drug-likeness (QED) is 0.392. The summed E-state index contributed by atoms with van der Waals surface area (Å²) in [6.07, 6.45) is 15.1. The molecule has 0 amide bonds. The Kier molecular flexibility index (Phi) is 20.4. The number of ketones is 1. The number of unbranched alkanes of at least 4 members (excludes halogenated alkanes) is 10. The summed E-state index contributed by atoms with van der Waals surface area (Å²) in [5.74, 6) is -1.37. The Bertz CT molecular complexity index is 218. The van der Waals surface area contributed by atoms with Gasteiger partial charge in [0, 0.05) is 0 Å². The Hall–Kier alpha value is -0.900. The van der Waals surface area contributed by atoms with Crippen molar-refractivity contribution in [1.82, 2.24) is 0 Å². The van der Waals surface area contributed by atoms with Crippen molar-refractivity contribution in [2.45, 2.75) is 90.9 Å². The topological polar surface area (TPSA) is 80.4 Å². The molecule has 126 valence electrons. The van der Waals surface area contributed by atoms with Crippen LogP contribution in [0.25, 0.3) is 0 Å². The Morgan fingerprint density at radius 1 is 0.810 bits per heavy atom. The summed E-state index contributed by atoms with van der Waals surface area (Å²) >= 11 is 0. The molecule has 0 atom stereocenters. The van der Waals surface area contributed by atoms with Crippen molar-refractivity contribution < 1.29 is 14.7 Å². The van der Waals surface area contributed by atoms with E-state index in [-0.39, 0.29) is 12.2 Å². The van der Waals surface area contributed by atoms with E-state index in [2.05, 4.69) is 6.92 Å². The number of rotatable bonds is 13. The van der Waals surface area contributed by atoms with Crippen molar-refractivity contribution in [3.8, 4) is 0 Å². The van der Waals surface area contributed by atoms with Crippen molar-refractivity contribution in [1.29, 1.82) is 0 Å². The zero-order valence-electron chi connectivity index (χ0n) is 14.0. The first-order valence-corrected chi connectivity index (χ1v) is 8.45. The van der Waals surface area contributed by atoms with Crippen LogP contribution in [-0.4, -0.2) is 23.4 Å². The lowest BCUT2D eigenvalue weighted by molar-refractivity contribution is -0.139. The van der Waals surface area contributed by atoms with Gasteiger partial charge in [-0.15, -0.1) is 0 Å². The Morgan fingerprint density at radius 3 is 1.43 bits per heavy atom. The maximum atomic E-state index is 9.87. The number of aliphatic carboxylic acids is 1. The lowest BCUT2D eigenvalue weighted by Crippen LogP contribution is -2.00. The molecule has 0 saturated heterocycles. The standard InChI is InChI=1S/C13H29N.C4H6O3/c1-2-3-4-5-6-7-8-9-10-11-12-13-14;1-3(5)2-4(6)7/h2-14H2,1H3;2H2,1H3,(H,6,7). The summed E-state index contributed by atoms with van der Waals surface area (Å²) in [7, 11) is 0. The minimum atomic E-state index is -1.06. The van der Waals surface area contributed by atoms with E-state index in [1.807, 2.05) is 0 Å². The highest BCUT2D eigenvalue weighted by molar-refractivity contribution is 5.93. The van der Waals surface area contributed by atoms with Crippen molar-refractivity contribution in [3.05, 3.63) is 0 Å². The molecule has 0 radical (unpaired) electrons. The van der Waals surface area contributed by atoms with Crippen LogP contribution in [0.5, 0.6) is 0 Å². The van der Waals surface area contributed by atoms with Crippen LogP contribution < -0.4 is 5.73 Å². The van der Waals surface area contributed by atoms with Crippen molar-refractivity contribution in [2.75, 3.05) is 6.54 Å². The van der Waals surface area contributed by atoms with Gasteiger partial charge in [0.15, 0.2) is 0 Å². The van der Waals surface area contributed by atoms with Crippen molar-refractivity contribution in [3.63, 3.8) is 0 Å². The molecule has 0 aliphatic rings. The van der Waals surface area contributed by atoms with Gasteiger partial charge >= 0.3 is 5.97 Å². The average Bonchev–Trinajstić information content (AvgIpc) is 2.40. The molecule has 0 spiro atoms. The molecule has 21 heavy (non-hydrogen) atoms. The van der Waals surface area contributed by atoms with Crippen LogP contribution >= 0.6 is 0 Å². The van der Waals surface area contributed by atoms with Crippen LogP contribution in [0.2, 0.25) is 0 Å². The minimum Gasteiger partial charge on any atom is -0.481 e. The third-order valence-corrected chi connectivity index (χ3v) is 3.21. The first kappa shape index (κ1) is 22.4. The zero-order chi connectivity index (χ0) is 16.3. The number of hydrogen-bond donors (Lipinski definition) is 2. The van der Waals surface area contributed by atoms with E-state index < -0.39 is 5.97 Å². The molecular formula is C17H35NO3.